The van der Waals surface area contributed by atoms with Gasteiger partial charge < -0.3 is 20.0 Å². The first kappa shape index (κ1) is 17.4. The molecule has 140 valence electrons. The van der Waals surface area contributed by atoms with E-state index in [1.807, 2.05) is 12.1 Å². The van der Waals surface area contributed by atoms with Gasteiger partial charge in [-0.05, 0) is 51.6 Å². The number of nitrogens with one attached hydrogen (secondary N) is 2. The molecule has 1 atom stereocenters. The maximum Gasteiger partial charge on any atom is 0.191 e. The lowest BCUT2D eigenvalue weighted by Gasteiger charge is -2.17. The molecule has 0 amide bonds. The Labute approximate surface area is 155 Å². The predicted octanol–water partition coefficient (Wildman–Crippen LogP) is 3.28. The van der Waals surface area contributed by atoms with E-state index >= 15 is 0 Å². The summed E-state index contributed by atoms with van der Waals surface area (Å²) in [5.74, 6) is 2.56. The molecule has 1 aliphatic heterocycles. The van der Waals surface area contributed by atoms with Crippen LogP contribution in [0.15, 0.2) is 33.7 Å². The second-order valence-electron chi connectivity index (χ2n) is 7.60. The van der Waals surface area contributed by atoms with Crippen molar-refractivity contribution in [3.8, 4) is 0 Å². The van der Waals surface area contributed by atoms with Gasteiger partial charge in [0.15, 0.2) is 5.96 Å². The Morgan fingerprint density at radius 3 is 2.85 bits per heavy atom. The van der Waals surface area contributed by atoms with Crippen molar-refractivity contribution in [2.75, 3.05) is 26.2 Å². The number of benzene rings is 1. The highest BCUT2D eigenvalue weighted by atomic mass is 16.3. The van der Waals surface area contributed by atoms with E-state index in [2.05, 4.69) is 41.5 Å². The molecule has 0 bridgehead atoms. The first-order chi connectivity index (χ1) is 12.7. The largest absolute Gasteiger partial charge is 0.459 e. The van der Waals surface area contributed by atoms with Crippen LogP contribution in [-0.4, -0.2) is 43.1 Å². The minimum Gasteiger partial charge on any atom is -0.459 e. The molecule has 1 saturated carbocycles. The second kappa shape index (κ2) is 7.70. The third-order valence-electron chi connectivity index (χ3n) is 5.61. The number of aliphatic imine (C=N–C) groups is 1. The molecule has 1 aromatic carbocycles. The third kappa shape index (κ3) is 3.88. The normalized spacial score (nSPS) is 21.5. The average Bonchev–Trinajstić information content (AvgIpc) is 3.32. The predicted molar refractivity (Wildman–Crippen MR) is 106 cm³/mol. The van der Waals surface area contributed by atoms with E-state index < -0.39 is 0 Å². The van der Waals surface area contributed by atoms with Gasteiger partial charge in [-0.25, -0.2) is 4.99 Å². The number of furan rings is 1. The van der Waals surface area contributed by atoms with Crippen molar-refractivity contribution in [1.82, 2.24) is 15.5 Å². The van der Waals surface area contributed by atoms with Crippen molar-refractivity contribution in [3.63, 3.8) is 0 Å². The Bertz CT molecular complexity index is 777. The van der Waals surface area contributed by atoms with Crippen molar-refractivity contribution in [1.29, 1.82) is 0 Å². The zero-order valence-corrected chi connectivity index (χ0v) is 15.9. The average molecular weight is 354 g/mol. The Balaban J connectivity index is 1.36. The Kier molecular flexibility index (Phi) is 5.16. The fraction of sp³-hybridized carbons (Fsp3) is 0.571. The van der Waals surface area contributed by atoms with E-state index in [1.54, 1.807) is 0 Å². The number of hydrogen-bond acceptors (Lipinski definition) is 3. The molecule has 5 nitrogen and oxygen atoms in total. The van der Waals surface area contributed by atoms with Gasteiger partial charge in [0.05, 0.1) is 0 Å². The lowest BCUT2D eigenvalue weighted by molar-refractivity contribution is 0.314. The highest BCUT2D eigenvalue weighted by molar-refractivity contribution is 5.82. The number of aryl methyl sites for hydroxylation is 1. The van der Waals surface area contributed by atoms with Crippen molar-refractivity contribution in [2.24, 2.45) is 10.9 Å². The summed E-state index contributed by atoms with van der Waals surface area (Å²) in [6, 6.07) is 9.08. The van der Waals surface area contributed by atoms with Crippen LogP contribution in [0.3, 0.4) is 0 Å². The molecule has 1 aromatic heterocycles. The lowest BCUT2D eigenvalue weighted by Crippen LogP contribution is -2.40. The lowest BCUT2D eigenvalue weighted by atomic mass is 10.1. The van der Waals surface area contributed by atoms with Crippen molar-refractivity contribution < 1.29 is 4.42 Å². The topological polar surface area (TPSA) is 52.8 Å². The summed E-state index contributed by atoms with van der Waals surface area (Å²) in [7, 11) is 0. The van der Waals surface area contributed by atoms with Crippen molar-refractivity contribution in [2.45, 2.75) is 45.7 Å². The smallest absolute Gasteiger partial charge is 0.191 e. The summed E-state index contributed by atoms with van der Waals surface area (Å²) in [5.41, 5.74) is 2.13. The molecule has 1 saturated heterocycles. The summed E-state index contributed by atoms with van der Waals surface area (Å²) in [6.45, 7) is 9.14. The van der Waals surface area contributed by atoms with Crippen LogP contribution in [0.1, 0.15) is 37.5 Å². The molecule has 26 heavy (non-hydrogen) atoms. The first-order valence-corrected chi connectivity index (χ1v) is 9.98. The van der Waals surface area contributed by atoms with Crippen LogP contribution in [0.5, 0.6) is 0 Å². The van der Waals surface area contributed by atoms with E-state index in [-0.39, 0.29) is 0 Å². The van der Waals surface area contributed by atoms with Crippen LogP contribution in [0.2, 0.25) is 0 Å². The second-order valence-corrected chi connectivity index (χ2v) is 7.60. The van der Waals surface area contributed by atoms with E-state index in [4.69, 9.17) is 9.41 Å². The summed E-state index contributed by atoms with van der Waals surface area (Å²) in [5, 5.41) is 8.08. The number of likely N-dealkylation sites (tertiary alicyclic amines) is 1. The number of para-hydroxylation sites is 1. The molecular weight excluding hydrogens is 324 g/mol. The van der Waals surface area contributed by atoms with Gasteiger partial charge in [-0.15, -0.1) is 0 Å². The zero-order valence-electron chi connectivity index (χ0n) is 15.9. The van der Waals surface area contributed by atoms with E-state index in [0.717, 1.165) is 42.4 Å². The fourth-order valence-corrected chi connectivity index (χ4v) is 3.91. The Hall–Kier alpha value is -2.01. The van der Waals surface area contributed by atoms with E-state index in [1.165, 1.54) is 43.3 Å². The maximum absolute atomic E-state index is 5.98. The summed E-state index contributed by atoms with van der Waals surface area (Å²) >= 11 is 0. The Morgan fingerprint density at radius 1 is 1.23 bits per heavy atom. The molecule has 2 aliphatic rings. The van der Waals surface area contributed by atoms with Gasteiger partial charge in [0, 0.05) is 36.6 Å². The number of guanidine groups is 1. The number of fused-ring (bicyclic) bond motifs is 1. The molecule has 0 spiro atoms. The van der Waals surface area contributed by atoms with Crippen molar-refractivity contribution >= 4 is 16.9 Å². The summed E-state index contributed by atoms with van der Waals surface area (Å²) in [6.07, 6.45) is 4.10. The van der Waals surface area contributed by atoms with E-state index in [9.17, 15) is 0 Å². The van der Waals surface area contributed by atoms with Crippen LogP contribution < -0.4 is 10.6 Å². The summed E-state index contributed by atoms with van der Waals surface area (Å²) < 4.78 is 5.98. The quantitative estimate of drug-likeness (QED) is 0.617. The van der Waals surface area contributed by atoms with Gasteiger partial charge in [0.2, 0.25) is 0 Å². The molecule has 1 unspecified atom stereocenters. The SMILES string of the molecule is CCNC(=NCc1oc2ccccc2c1C)NCC1CCN(C2CC2)C1. The Morgan fingerprint density at radius 2 is 2.08 bits per heavy atom. The third-order valence-corrected chi connectivity index (χ3v) is 5.61. The van der Waals surface area contributed by atoms with Gasteiger partial charge in [-0.3, -0.25) is 0 Å². The molecule has 0 radical (unpaired) electrons. The number of hydrogen-bond donors (Lipinski definition) is 2. The fourth-order valence-electron chi connectivity index (χ4n) is 3.91. The summed E-state index contributed by atoms with van der Waals surface area (Å²) in [4.78, 5) is 7.42. The molecule has 4 rings (SSSR count). The molecule has 5 heteroatoms. The molecule has 2 fully saturated rings. The van der Waals surface area contributed by atoms with Crippen LogP contribution >= 0.6 is 0 Å². The van der Waals surface area contributed by atoms with Crippen LogP contribution in [0.4, 0.5) is 0 Å². The van der Waals surface area contributed by atoms with Gasteiger partial charge in [-0.2, -0.15) is 0 Å². The van der Waals surface area contributed by atoms with Gasteiger partial charge in [0.1, 0.15) is 17.9 Å². The van der Waals surface area contributed by atoms with Crippen LogP contribution in [0.25, 0.3) is 11.0 Å². The highest BCUT2D eigenvalue weighted by Gasteiger charge is 2.34. The minimum atomic E-state index is 0.564. The molecule has 1 aliphatic carbocycles. The highest BCUT2D eigenvalue weighted by Crippen LogP contribution is 2.31. The standard InChI is InChI=1S/C21H30N4O/c1-3-22-21(23-12-16-10-11-25(14-16)17-8-9-17)24-13-20-15(2)18-6-4-5-7-19(18)26-20/h4-7,16-17H,3,8-14H2,1-2H3,(H2,22,23,24). The van der Waals surface area contributed by atoms with Gasteiger partial charge in [0.25, 0.3) is 0 Å². The van der Waals surface area contributed by atoms with Gasteiger partial charge >= 0.3 is 0 Å². The molecule has 2 heterocycles. The van der Waals surface area contributed by atoms with Gasteiger partial charge in [-0.1, -0.05) is 18.2 Å². The van der Waals surface area contributed by atoms with Crippen LogP contribution in [-0.2, 0) is 6.54 Å². The van der Waals surface area contributed by atoms with Crippen molar-refractivity contribution in [3.05, 3.63) is 35.6 Å². The first-order valence-electron chi connectivity index (χ1n) is 9.98. The van der Waals surface area contributed by atoms with E-state index in [0.29, 0.717) is 6.54 Å². The monoisotopic (exact) mass is 354 g/mol. The number of rotatable bonds is 6. The maximum atomic E-state index is 5.98. The molecule has 2 N–H and O–H groups in total. The van der Waals surface area contributed by atoms with Crippen LogP contribution in [0, 0.1) is 12.8 Å². The molecule has 2 aromatic rings. The molecular formula is C21H30N4O. The number of nitrogens with zero attached hydrogens (tertiary/aromatic N) is 2. The zero-order chi connectivity index (χ0) is 17.9. The minimum absolute atomic E-state index is 0.564.